The third kappa shape index (κ3) is 5.79. The summed E-state index contributed by atoms with van der Waals surface area (Å²) in [6.45, 7) is 8.18. The second-order valence-electron chi connectivity index (χ2n) is 7.59. The molecule has 0 amide bonds. The zero-order valence-corrected chi connectivity index (χ0v) is 18.1. The first kappa shape index (κ1) is 19.8. The van der Waals surface area contributed by atoms with E-state index in [1.807, 2.05) is 24.4 Å². The number of nitrogens with zero attached hydrogens (tertiary/aromatic N) is 4. The smallest absolute Gasteiger partial charge is 0.180 e. The topological polar surface area (TPSA) is 62.1 Å². The minimum absolute atomic E-state index is 0.395. The third-order valence-electron chi connectivity index (χ3n) is 4.10. The number of hydrogen-bond acceptors (Lipinski definition) is 6. The minimum atomic E-state index is -1.08. The van der Waals surface area contributed by atoms with Gasteiger partial charge in [0.2, 0.25) is 0 Å². The van der Waals surface area contributed by atoms with Gasteiger partial charge in [0.15, 0.2) is 5.65 Å². The normalized spacial score (nSPS) is 11.9. The molecule has 0 aliphatic heterocycles. The van der Waals surface area contributed by atoms with Gasteiger partial charge in [0.05, 0.1) is 7.11 Å². The summed E-state index contributed by atoms with van der Waals surface area (Å²) in [5, 5.41) is 8.41. The van der Waals surface area contributed by atoms with Crippen molar-refractivity contribution in [3.63, 3.8) is 0 Å². The first-order valence-electron chi connectivity index (χ1n) is 8.97. The molecular formula is C19H26N4O2SSi. The van der Waals surface area contributed by atoms with E-state index in [1.54, 1.807) is 23.6 Å². The van der Waals surface area contributed by atoms with Gasteiger partial charge in [-0.25, -0.2) is 9.67 Å². The largest absolute Gasteiger partial charge is 0.497 e. The maximum Gasteiger partial charge on any atom is 0.180 e. The van der Waals surface area contributed by atoms with Gasteiger partial charge in [0.25, 0.3) is 0 Å². The third-order valence-corrected chi connectivity index (χ3v) is 6.84. The number of hydrogen-bond donors (Lipinski definition) is 0. The predicted octanol–water partition coefficient (Wildman–Crippen LogP) is 4.44. The Hall–Kier alpha value is -1.90. The van der Waals surface area contributed by atoms with Crippen LogP contribution in [0.4, 0.5) is 0 Å². The molecule has 0 fully saturated rings. The molecule has 0 aliphatic carbocycles. The van der Waals surface area contributed by atoms with Crippen molar-refractivity contribution in [1.29, 1.82) is 0 Å². The van der Waals surface area contributed by atoms with E-state index >= 15 is 0 Å². The average Bonchev–Trinajstić information content (AvgIpc) is 3.05. The second-order valence-corrected chi connectivity index (χ2v) is 14.3. The summed E-state index contributed by atoms with van der Waals surface area (Å²) in [5.41, 5.74) is 2.79. The van der Waals surface area contributed by atoms with Crippen molar-refractivity contribution in [1.82, 2.24) is 20.0 Å². The number of thioether (sulfide) groups is 1. The van der Waals surface area contributed by atoms with Gasteiger partial charge in [-0.15, -0.1) is 16.9 Å². The van der Waals surface area contributed by atoms with Crippen LogP contribution in [0.15, 0.2) is 41.4 Å². The Morgan fingerprint density at radius 3 is 2.63 bits per heavy atom. The highest BCUT2D eigenvalue weighted by atomic mass is 32.2. The van der Waals surface area contributed by atoms with E-state index in [0.29, 0.717) is 6.73 Å². The number of pyridine rings is 1. The number of aromatic nitrogens is 4. The monoisotopic (exact) mass is 402 g/mol. The lowest BCUT2D eigenvalue weighted by molar-refractivity contribution is 0.0799. The van der Waals surface area contributed by atoms with Crippen LogP contribution in [0.25, 0.3) is 11.2 Å². The zero-order valence-electron chi connectivity index (χ0n) is 16.3. The molecule has 0 saturated carbocycles. The molecule has 0 saturated heterocycles. The van der Waals surface area contributed by atoms with Crippen molar-refractivity contribution >= 4 is 31.0 Å². The van der Waals surface area contributed by atoms with Crippen LogP contribution >= 0.6 is 11.8 Å². The van der Waals surface area contributed by atoms with Crippen LogP contribution in [0.3, 0.4) is 0 Å². The van der Waals surface area contributed by atoms with Crippen molar-refractivity contribution in [2.24, 2.45) is 0 Å². The SMILES string of the molecule is COc1ccc(CSc2cnc3c(c2)nnn3COCC[Si](C)(C)C)cc1. The van der Waals surface area contributed by atoms with Gasteiger partial charge < -0.3 is 9.47 Å². The van der Waals surface area contributed by atoms with Crippen molar-refractivity contribution in [3.05, 3.63) is 42.1 Å². The van der Waals surface area contributed by atoms with Crippen LogP contribution in [0, 0.1) is 0 Å². The summed E-state index contributed by atoms with van der Waals surface area (Å²) >= 11 is 1.73. The van der Waals surface area contributed by atoms with Crippen LogP contribution in [0.5, 0.6) is 5.75 Å². The van der Waals surface area contributed by atoms with E-state index < -0.39 is 8.07 Å². The Morgan fingerprint density at radius 1 is 1.15 bits per heavy atom. The summed E-state index contributed by atoms with van der Waals surface area (Å²) in [4.78, 5) is 5.61. The fraction of sp³-hybridized carbons (Fsp3) is 0.421. The first-order chi connectivity index (χ1) is 12.9. The molecule has 0 bridgehead atoms. The molecule has 2 aromatic heterocycles. The van der Waals surface area contributed by atoms with Gasteiger partial charge in [-0.3, -0.25) is 0 Å². The Labute approximate surface area is 165 Å². The molecule has 0 radical (unpaired) electrons. The van der Waals surface area contributed by atoms with Crippen LogP contribution in [0.1, 0.15) is 5.56 Å². The van der Waals surface area contributed by atoms with E-state index in [9.17, 15) is 0 Å². The van der Waals surface area contributed by atoms with Crippen molar-refractivity contribution in [2.45, 2.75) is 43.1 Å². The molecular weight excluding hydrogens is 376 g/mol. The van der Waals surface area contributed by atoms with Gasteiger partial charge in [-0.2, -0.15) is 0 Å². The van der Waals surface area contributed by atoms with E-state index in [-0.39, 0.29) is 0 Å². The van der Waals surface area contributed by atoms with Gasteiger partial charge in [-0.05, 0) is 29.8 Å². The van der Waals surface area contributed by atoms with E-state index in [2.05, 4.69) is 47.1 Å². The predicted molar refractivity (Wildman–Crippen MR) is 112 cm³/mol. The quantitative estimate of drug-likeness (QED) is 0.300. The molecule has 27 heavy (non-hydrogen) atoms. The number of ether oxygens (including phenoxy) is 2. The zero-order chi connectivity index (χ0) is 19.3. The van der Waals surface area contributed by atoms with E-state index in [0.717, 1.165) is 40.2 Å². The molecule has 2 heterocycles. The van der Waals surface area contributed by atoms with Gasteiger partial charge in [0.1, 0.15) is 18.0 Å². The maximum atomic E-state index is 5.76. The van der Waals surface area contributed by atoms with Gasteiger partial charge in [0, 0.05) is 31.5 Å². The van der Waals surface area contributed by atoms with Crippen LogP contribution in [-0.4, -0.2) is 41.8 Å². The van der Waals surface area contributed by atoms with Crippen molar-refractivity contribution in [3.8, 4) is 5.75 Å². The fourth-order valence-corrected chi connectivity index (χ4v) is 4.03. The molecule has 3 aromatic rings. The first-order valence-corrected chi connectivity index (χ1v) is 13.7. The number of fused-ring (bicyclic) bond motifs is 1. The Balaban J connectivity index is 1.57. The highest BCUT2D eigenvalue weighted by Crippen LogP contribution is 2.25. The average molecular weight is 403 g/mol. The molecule has 6 nitrogen and oxygen atoms in total. The molecule has 3 rings (SSSR count). The maximum absolute atomic E-state index is 5.76. The molecule has 0 aliphatic rings. The molecule has 0 atom stereocenters. The lowest BCUT2D eigenvalue weighted by Gasteiger charge is -2.15. The van der Waals surface area contributed by atoms with E-state index in [1.165, 1.54) is 5.56 Å². The Morgan fingerprint density at radius 2 is 1.93 bits per heavy atom. The molecule has 0 unspecified atom stereocenters. The van der Waals surface area contributed by atoms with Crippen molar-refractivity contribution in [2.75, 3.05) is 13.7 Å². The lowest BCUT2D eigenvalue weighted by atomic mass is 10.2. The molecule has 0 spiro atoms. The fourth-order valence-electron chi connectivity index (χ4n) is 2.43. The molecule has 144 valence electrons. The highest BCUT2D eigenvalue weighted by Gasteiger charge is 2.13. The standard InChI is InChI=1S/C19H26N4O2SSi/c1-24-16-7-5-15(6-8-16)13-26-17-11-18-19(20-12-17)23(22-21-18)14-25-9-10-27(2,3)4/h5-8,11-12H,9-10,13-14H2,1-4H3. The minimum Gasteiger partial charge on any atom is -0.497 e. The summed E-state index contributed by atoms with van der Waals surface area (Å²) in [6, 6.07) is 11.3. The second kappa shape index (κ2) is 8.86. The van der Waals surface area contributed by atoms with E-state index in [4.69, 9.17) is 9.47 Å². The summed E-state index contributed by atoms with van der Waals surface area (Å²) in [6.07, 6.45) is 1.87. The summed E-state index contributed by atoms with van der Waals surface area (Å²) in [7, 11) is 0.597. The molecule has 0 N–H and O–H groups in total. The number of methoxy groups -OCH3 is 1. The number of benzene rings is 1. The Kier molecular flexibility index (Phi) is 6.51. The highest BCUT2D eigenvalue weighted by molar-refractivity contribution is 7.98. The lowest BCUT2D eigenvalue weighted by Crippen LogP contribution is -2.22. The molecule has 8 heteroatoms. The van der Waals surface area contributed by atoms with Crippen LogP contribution in [0.2, 0.25) is 25.7 Å². The Bertz CT molecular complexity index is 878. The van der Waals surface area contributed by atoms with Crippen LogP contribution < -0.4 is 4.74 Å². The molecule has 1 aromatic carbocycles. The van der Waals surface area contributed by atoms with Crippen molar-refractivity contribution < 1.29 is 9.47 Å². The number of rotatable bonds is 9. The van der Waals surface area contributed by atoms with Gasteiger partial charge in [-0.1, -0.05) is 37.0 Å². The summed E-state index contributed by atoms with van der Waals surface area (Å²) < 4.78 is 12.7. The summed E-state index contributed by atoms with van der Waals surface area (Å²) in [5.74, 6) is 1.74. The van der Waals surface area contributed by atoms with Gasteiger partial charge >= 0.3 is 0 Å². The van der Waals surface area contributed by atoms with Crippen LogP contribution in [-0.2, 0) is 17.2 Å².